The quantitative estimate of drug-likeness (QED) is 0.686. The van der Waals surface area contributed by atoms with Crippen LogP contribution in [0, 0.1) is 6.92 Å². The lowest BCUT2D eigenvalue weighted by Crippen LogP contribution is -2.21. The van der Waals surface area contributed by atoms with Crippen LogP contribution < -0.4 is 10.6 Å². The number of anilines is 2. The molecule has 0 atom stereocenters. The summed E-state index contributed by atoms with van der Waals surface area (Å²) < 4.78 is 4.98. The van der Waals surface area contributed by atoms with Crippen molar-refractivity contribution in [2.75, 3.05) is 37.9 Å². The molecule has 0 saturated heterocycles. The first-order valence-corrected chi connectivity index (χ1v) is 4.67. The standard InChI is InChI=1S/C9H18N4O/c1-7-11-8(10)9(12-7)13(2)5-4-6-14-3/h4-6,10H2,1-3H3,(H,11,12). The van der Waals surface area contributed by atoms with Crippen molar-refractivity contribution in [3.05, 3.63) is 5.82 Å². The molecule has 0 spiro atoms. The van der Waals surface area contributed by atoms with Crippen LogP contribution in [-0.2, 0) is 4.74 Å². The fraction of sp³-hybridized carbons (Fsp3) is 0.667. The molecule has 0 fully saturated rings. The molecule has 0 aliphatic carbocycles. The number of ether oxygens (including phenoxy) is 1. The van der Waals surface area contributed by atoms with Crippen molar-refractivity contribution in [2.45, 2.75) is 13.3 Å². The van der Waals surface area contributed by atoms with E-state index in [2.05, 4.69) is 9.97 Å². The summed E-state index contributed by atoms with van der Waals surface area (Å²) in [4.78, 5) is 9.29. The highest BCUT2D eigenvalue weighted by atomic mass is 16.5. The number of nitrogens with one attached hydrogen (secondary N) is 1. The minimum atomic E-state index is 0.627. The Morgan fingerprint density at radius 1 is 1.57 bits per heavy atom. The van der Waals surface area contributed by atoms with Crippen molar-refractivity contribution in [1.82, 2.24) is 9.97 Å². The van der Waals surface area contributed by atoms with E-state index < -0.39 is 0 Å². The topological polar surface area (TPSA) is 67.2 Å². The number of aromatic nitrogens is 2. The average molecular weight is 198 g/mol. The zero-order valence-corrected chi connectivity index (χ0v) is 9.00. The second-order valence-electron chi connectivity index (χ2n) is 3.33. The van der Waals surface area contributed by atoms with E-state index >= 15 is 0 Å². The van der Waals surface area contributed by atoms with Gasteiger partial charge in [-0.15, -0.1) is 0 Å². The highest BCUT2D eigenvalue weighted by Crippen LogP contribution is 2.17. The van der Waals surface area contributed by atoms with Crippen molar-refractivity contribution >= 4 is 11.6 Å². The number of hydrogen-bond donors (Lipinski definition) is 2. The van der Waals surface area contributed by atoms with Gasteiger partial charge in [0.2, 0.25) is 0 Å². The number of hydrogen-bond acceptors (Lipinski definition) is 4. The predicted octanol–water partition coefficient (Wildman–Crippen LogP) is 0.773. The maximum atomic E-state index is 5.76. The highest BCUT2D eigenvalue weighted by Gasteiger charge is 2.09. The van der Waals surface area contributed by atoms with Gasteiger partial charge in [-0.3, -0.25) is 0 Å². The largest absolute Gasteiger partial charge is 0.385 e. The Kier molecular flexibility index (Phi) is 3.76. The number of methoxy groups -OCH3 is 1. The van der Waals surface area contributed by atoms with Crippen LogP contribution in [0.1, 0.15) is 12.2 Å². The Labute approximate surface area is 84.3 Å². The number of aromatic amines is 1. The van der Waals surface area contributed by atoms with Gasteiger partial charge in [0.1, 0.15) is 11.6 Å². The maximum absolute atomic E-state index is 5.76. The van der Waals surface area contributed by atoms with E-state index in [0.29, 0.717) is 5.82 Å². The second kappa shape index (κ2) is 4.85. The van der Waals surface area contributed by atoms with Crippen LogP contribution in [0.2, 0.25) is 0 Å². The molecule has 1 rings (SSSR count). The summed E-state index contributed by atoms with van der Waals surface area (Å²) in [7, 11) is 3.68. The van der Waals surface area contributed by atoms with E-state index in [1.807, 2.05) is 18.9 Å². The number of nitrogen functional groups attached to an aromatic ring is 1. The minimum Gasteiger partial charge on any atom is -0.385 e. The van der Waals surface area contributed by atoms with Crippen LogP contribution in [0.15, 0.2) is 0 Å². The summed E-state index contributed by atoms with van der Waals surface area (Å²) >= 11 is 0. The van der Waals surface area contributed by atoms with E-state index in [1.54, 1.807) is 7.11 Å². The van der Waals surface area contributed by atoms with E-state index in [1.165, 1.54) is 0 Å². The van der Waals surface area contributed by atoms with Crippen LogP contribution in [0.4, 0.5) is 11.6 Å². The van der Waals surface area contributed by atoms with Crippen molar-refractivity contribution in [2.24, 2.45) is 0 Å². The van der Waals surface area contributed by atoms with Crippen molar-refractivity contribution in [3.8, 4) is 0 Å². The zero-order chi connectivity index (χ0) is 10.6. The Balaban J connectivity index is 2.51. The molecule has 0 aromatic carbocycles. The minimum absolute atomic E-state index is 0.627. The molecule has 3 N–H and O–H groups in total. The summed E-state index contributed by atoms with van der Waals surface area (Å²) in [6.07, 6.45) is 0.971. The van der Waals surface area contributed by atoms with Gasteiger partial charge < -0.3 is 20.4 Å². The third-order valence-corrected chi connectivity index (χ3v) is 2.03. The number of rotatable bonds is 5. The second-order valence-corrected chi connectivity index (χ2v) is 3.33. The number of aryl methyl sites for hydroxylation is 1. The van der Waals surface area contributed by atoms with Crippen LogP contribution in [0.5, 0.6) is 0 Å². The molecule has 1 aromatic heterocycles. The SMILES string of the molecule is COCCCN(C)c1nc(C)[nH]c1N. The van der Waals surface area contributed by atoms with Gasteiger partial charge >= 0.3 is 0 Å². The van der Waals surface area contributed by atoms with Crippen LogP contribution in [0.3, 0.4) is 0 Å². The molecule has 0 radical (unpaired) electrons. The molecule has 0 aliphatic heterocycles. The number of H-pyrrole nitrogens is 1. The molecule has 0 saturated carbocycles. The molecule has 14 heavy (non-hydrogen) atoms. The lowest BCUT2D eigenvalue weighted by atomic mass is 10.4. The summed E-state index contributed by atoms with van der Waals surface area (Å²) in [6, 6.07) is 0. The number of imidazole rings is 1. The first-order chi connectivity index (χ1) is 6.65. The smallest absolute Gasteiger partial charge is 0.171 e. The maximum Gasteiger partial charge on any atom is 0.171 e. The molecule has 0 unspecified atom stereocenters. The predicted molar refractivity (Wildman–Crippen MR) is 57.5 cm³/mol. The van der Waals surface area contributed by atoms with Crippen LogP contribution in [0.25, 0.3) is 0 Å². The molecule has 0 amide bonds. The fourth-order valence-corrected chi connectivity index (χ4v) is 1.34. The van der Waals surface area contributed by atoms with Crippen LogP contribution in [-0.4, -0.2) is 37.3 Å². The zero-order valence-electron chi connectivity index (χ0n) is 9.00. The average Bonchev–Trinajstić information content (AvgIpc) is 2.45. The van der Waals surface area contributed by atoms with Crippen molar-refractivity contribution in [1.29, 1.82) is 0 Å². The first kappa shape index (κ1) is 10.8. The molecule has 5 nitrogen and oxygen atoms in total. The molecule has 1 aromatic rings. The highest BCUT2D eigenvalue weighted by molar-refractivity contribution is 5.58. The first-order valence-electron chi connectivity index (χ1n) is 4.67. The van der Waals surface area contributed by atoms with Gasteiger partial charge in [0.15, 0.2) is 5.82 Å². The summed E-state index contributed by atoms with van der Waals surface area (Å²) in [5.74, 6) is 2.29. The van der Waals surface area contributed by atoms with E-state index in [4.69, 9.17) is 10.5 Å². The van der Waals surface area contributed by atoms with Gasteiger partial charge in [-0.1, -0.05) is 0 Å². The Bertz CT molecular complexity index is 284. The fourth-order valence-electron chi connectivity index (χ4n) is 1.34. The van der Waals surface area contributed by atoms with E-state index in [-0.39, 0.29) is 0 Å². The molecule has 5 heteroatoms. The van der Waals surface area contributed by atoms with Crippen molar-refractivity contribution < 1.29 is 4.74 Å². The van der Waals surface area contributed by atoms with E-state index in [9.17, 15) is 0 Å². The van der Waals surface area contributed by atoms with Gasteiger partial charge in [0, 0.05) is 27.3 Å². The summed E-state index contributed by atoms with van der Waals surface area (Å²) in [5, 5.41) is 0. The number of nitrogens with two attached hydrogens (primary N) is 1. The normalized spacial score (nSPS) is 10.5. The third kappa shape index (κ3) is 2.63. The van der Waals surface area contributed by atoms with Gasteiger partial charge in [-0.25, -0.2) is 4.98 Å². The van der Waals surface area contributed by atoms with Gasteiger partial charge in [0.25, 0.3) is 0 Å². The van der Waals surface area contributed by atoms with Gasteiger partial charge in [-0.05, 0) is 13.3 Å². The Morgan fingerprint density at radius 3 is 2.79 bits per heavy atom. The lowest BCUT2D eigenvalue weighted by molar-refractivity contribution is 0.196. The van der Waals surface area contributed by atoms with Crippen LogP contribution >= 0.6 is 0 Å². The Hall–Kier alpha value is -1.23. The third-order valence-electron chi connectivity index (χ3n) is 2.03. The van der Waals surface area contributed by atoms with E-state index in [0.717, 1.165) is 31.2 Å². The monoisotopic (exact) mass is 198 g/mol. The summed E-state index contributed by atoms with van der Waals surface area (Å²) in [5.41, 5.74) is 5.76. The Morgan fingerprint density at radius 2 is 2.29 bits per heavy atom. The van der Waals surface area contributed by atoms with Gasteiger partial charge in [-0.2, -0.15) is 0 Å². The van der Waals surface area contributed by atoms with Gasteiger partial charge in [0.05, 0.1) is 0 Å². The summed E-state index contributed by atoms with van der Waals surface area (Å²) in [6.45, 7) is 3.54. The molecule has 0 bridgehead atoms. The lowest BCUT2D eigenvalue weighted by Gasteiger charge is -2.16. The molecular formula is C9H18N4O. The van der Waals surface area contributed by atoms with Crippen molar-refractivity contribution in [3.63, 3.8) is 0 Å². The molecular weight excluding hydrogens is 180 g/mol. The molecule has 1 heterocycles. The molecule has 0 aliphatic rings. The molecule has 80 valence electrons. The number of nitrogens with zero attached hydrogens (tertiary/aromatic N) is 2.